The summed E-state index contributed by atoms with van der Waals surface area (Å²) in [5.41, 5.74) is -0.192. The summed E-state index contributed by atoms with van der Waals surface area (Å²) in [4.78, 5) is 27.1. The maximum absolute atomic E-state index is 13.4. The van der Waals surface area contributed by atoms with Crippen LogP contribution in [0.4, 0.5) is 0 Å². The van der Waals surface area contributed by atoms with Crippen molar-refractivity contribution in [3.05, 3.63) is 11.0 Å². The number of hydrogen-bond donors (Lipinski definition) is 2. The molecule has 0 aromatic carbocycles. The van der Waals surface area contributed by atoms with Crippen molar-refractivity contribution in [1.29, 1.82) is 0 Å². The molecule has 0 saturated heterocycles. The van der Waals surface area contributed by atoms with Gasteiger partial charge in [-0.3, -0.25) is 14.2 Å². The fourth-order valence-corrected chi connectivity index (χ4v) is 7.91. The van der Waals surface area contributed by atoms with Crippen LogP contribution < -0.4 is 5.32 Å². The molecule has 5 atom stereocenters. The lowest BCUT2D eigenvalue weighted by Gasteiger charge is -2.39. The Morgan fingerprint density at radius 3 is 2.56 bits per heavy atom. The summed E-state index contributed by atoms with van der Waals surface area (Å²) in [6, 6.07) is -0.510. The van der Waals surface area contributed by atoms with E-state index >= 15 is 0 Å². The Balaban J connectivity index is 1.72. The number of amides is 1. The van der Waals surface area contributed by atoms with Crippen molar-refractivity contribution < 1.29 is 28.5 Å². The maximum Gasteiger partial charge on any atom is 0.322 e. The van der Waals surface area contributed by atoms with Gasteiger partial charge in [0.1, 0.15) is 16.7 Å². The summed E-state index contributed by atoms with van der Waals surface area (Å²) >= 11 is 1.31. The predicted molar refractivity (Wildman–Crippen MR) is 144 cm³/mol. The van der Waals surface area contributed by atoms with Crippen LogP contribution in [0.1, 0.15) is 85.5 Å². The molecule has 3 rings (SSSR count). The van der Waals surface area contributed by atoms with Gasteiger partial charge in [0.05, 0.1) is 17.6 Å². The Morgan fingerprint density at radius 1 is 1.22 bits per heavy atom. The standard InChI is InChI=1S/C27H42NO6PS/c1-6-33-35(5,32)27(31)15-10-13-20(18-27)34-25(30)23-22(17-21(36-23)14-16-26(2,3)4)28-24(29)19-11-8-7-9-12-19/h17,19-20,22-23,31H,6-13,15,18H2,1-5H3,(H,28,29). The van der Waals surface area contributed by atoms with Crippen LogP contribution in [0.5, 0.6) is 0 Å². The molecule has 9 heteroatoms. The Hall–Kier alpha value is -1.26. The topological polar surface area (TPSA) is 102 Å². The van der Waals surface area contributed by atoms with E-state index in [0.717, 1.165) is 37.0 Å². The van der Waals surface area contributed by atoms with Crippen molar-refractivity contribution >= 4 is 31.0 Å². The molecular weight excluding hydrogens is 497 g/mol. The zero-order valence-corrected chi connectivity index (χ0v) is 24.0. The van der Waals surface area contributed by atoms with Gasteiger partial charge in [-0.05, 0) is 65.9 Å². The van der Waals surface area contributed by atoms with Gasteiger partial charge in [0.25, 0.3) is 0 Å². The minimum atomic E-state index is -3.29. The van der Waals surface area contributed by atoms with Gasteiger partial charge in [-0.2, -0.15) is 0 Å². The van der Waals surface area contributed by atoms with Crippen LogP contribution in [-0.2, 0) is 23.4 Å². The van der Waals surface area contributed by atoms with Crippen LogP contribution in [-0.4, -0.2) is 53.0 Å². The van der Waals surface area contributed by atoms with Crippen molar-refractivity contribution in [3.8, 4) is 11.8 Å². The molecule has 3 aliphatic rings. The second-order valence-corrected chi connectivity index (χ2v) is 15.3. The third-order valence-electron chi connectivity index (χ3n) is 7.06. The lowest BCUT2D eigenvalue weighted by Crippen LogP contribution is -2.47. The highest BCUT2D eigenvalue weighted by Gasteiger charge is 2.49. The van der Waals surface area contributed by atoms with Crippen molar-refractivity contribution in [2.75, 3.05) is 13.3 Å². The maximum atomic E-state index is 13.4. The number of carbonyl (C=O) groups is 2. The first-order valence-corrected chi connectivity index (χ1v) is 16.2. The molecule has 1 amide bonds. The number of rotatable bonds is 7. The second kappa shape index (κ2) is 12.1. The first-order valence-electron chi connectivity index (χ1n) is 13.2. The average Bonchev–Trinajstić information content (AvgIpc) is 3.20. The number of thioether (sulfide) groups is 1. The van der Waals surface area contributed by atoms with Crippen LogP contribution >= 0.6 is 19.1 Å². The number of hydrogen-bond acceptors (Lipinski definition) is 7. The van der Waals surface area contributed by atoms with Gasteiger partial charge in [-0.15, -0.1) is 0 Å². The number of esters is 1. The number of nitrogens with one attached hydrogen (secondary N) is 1. The van der Waals surface area contributed by atoms with Crippen molar-refractivity contribution in [2.45, 2.75) is 108 Å². The minimum absolute atomic E-state index is 0.0185. The molecule has 7 nitrogen and oxygen atoms in total. The van der Waals surface area contributed by atoms with E-state index in [1.807, 2.05) is 26.8 Å². The number of carbonyl (C=O) groups excluding carboxylic acids is 2. The van der Waals surface area contributed by atoms with Crippen LogP contribution in [0.15, 0.2) is 11.0 Å². The van der Waals surface area contributed by atoms with E-state index < -0.39 is 36.1 Å². The Labute approximate surface area is 220 Å². The van der Waals surface area contributed by atoms with Crippen molar-refractivity contribution in [3.63, 3.8) is 0 Å². The monoisotopic (exact) mass is 539 g/mol. The zero-order valence-electron chi connectivity index (χ0n) is 22.3. The summed E-state index contributed by atoms with van der Waals surface area (Å²) in [5, 5.41) is 12.0. The summed E-state index contributed by atoms with van der Waals surface area (Å²) in [7, 11) is -3.29. The lowest BCUT2D eigenvalue weighted by molar-refractivity contribution is -0.152. The summed E-state index contributed by atoms with van der Waals surface area (Å²) in [5.74, 6) is 5.87. The van der Waals surface area contributed by atoms with Crippen LogP contribution in [0, 0.1) is 23.2 Å². The molecule has 2 N–H and O–H groups in total. The molecule has 36 heavy (non-hydrogen) atoms. The fraction of sp³-hybridized carbons (Fsp3) is 0.778. The fourth-order valence-electron chi connectivity index (χ4n) is 5.03. The quantitative estimate of drug-likeness (QED) is 0.260. The Morgan fingerprint density at radius 2 is 1.92 bits per heavy atom. The zero-order chi connectivity index (χ0) is 26.6. The molecule has 0 radical (unpaired) electrons. The molecule has 2 fully saturated rings. The highest BCUT2D eigenvalue weighted by atomic mass is 32.2. The molecular formula is C27H42NO6PS. The average molecular weight is 540 g/mol. The Kier molecular flexibility index (Phi) is 9.82. The first-order chi connectivity index (χ1) is 16.8. The number of aliphatic hydroxyl groups is 1. The molecule has 2 aliphatic carbocycles. The van der Waals surface area contributed by atoms with Gasteiger partial charge < -0.3 is 19.7 Å². The van der Waals surface area contributed by atoms with Crippen molar-refractivity contribution in [1.82, 2.24) is 5.32 Å². The molecule has 0 spiro atoms. The predicted octanol–water partition coefficient (Wildman–Crippen LogP) is 5.22. The molecule has 5 unspecified atom stereocenters. The van der Waals surface area contributed by atoms with Gasteiger partial charge in [0, 0.05) is 24.4 Å². The van der Waals surface area contributed by atoms with Crippen LogP contribution in [0.25, 0.3) is 0 Å². The first kappa shape index (κ1) is 29.3. The summed E-state index contributed by atoms with van der Waals surface area (Å²) in [6.07, 6.45) is 7.90. The molecule has 0 aromatic rings. The molecule has 1 heterocycles. The van der Waals surface area contributed by atoms with E-state index in [9.17, 15) is 19.3 Å². The highest BCUT2D eigenvalue weighted by molar-refractivity contribution is 8.05. The van der Waals surface area contributed by atoms with E-state index in [4.69, 9.17) is 9.26 Å². The van der Waals surface area contributed by atoms with Gasteiger partial charge >= 0.3 is 5.97 Å². The smallest absolute Gasteiger partial charge is 0.322 e. The van der Waals surface area contributed by atoms with Crippen LogP contribution in [0.2, 0.25) is 0 Å². The molecule has 0 bridgehead atoms. The lowest BCUT2D eigenvalue weighted by atomic mass is 9.88. The van der Waals surface area contributed by atoms with E-state index in [1.54, 1.807) is 6.92 Å². The Bertz CT molecular complexity index is 958. The SMILES string of the molecule is CCOP(C)(=O)C1(O)CCCC(OC(=O)C2SC(C#CC(C)(C)C)=CC2NC(=O)C2CCCCC2)C1. The summed E-state index contributed by atoms with van der Waals surface area (Å²) < 4.78 is 24.3. The molecule has 202 valence electrons. The third-order valence-corrected chi connectivity index (χ3v) is 11.0. The molecule has 1 aliphatic heterocycles. The highest BCUT2D eigenvalue weighted by Crippen LogP contribution is 2.60. The molecule has 0 aromatic heterocycles. The van der Waals surface area contributed by atoms with Gasteiger partial charge in [-0.1, -0.05) is 42.9 Å². The van der Waals surface area contributed by atoms with Crippen LogP contribution in [0.3, 0.4) is 0 Å². The van der Waals surface area contributed by atoms with E-state index in [1.165, 1.54) is 18.4 Å². The molecule has 2 saturated carbocycles. The number of ether oxygens (including phenoxy) is 1. The van der Waals surface area contributed by atoms with E-state index in [2.05, 4.69) is 17.2 Å². The normalized spacial score (nSPS) is 30.9. The van der Waals surface area contributed by atoms with Gasteiger partial charge in [-0.25, -0.2) is 0 Å². The second-order valence-electron chi connectivity index (χ2n) is 11.3. The number of allylic oxidation sites excluding steroid dienone is 1. The van der Waals surface area contributed by atoms with Crippen molar-refractivity contribution in [2.24, 2.45) is 11.3 Å². The summed E-state index contributed by atoms with van der Waals surface area (Å²) in [6.45, 7) is 9.50. The largest absolute Gasteiger partial charge is 0.461 e. The van der Waals surface area contributed by atoms with E-state index in [0.29, 0.717) is 19.3 Å². The third kappa shape index (κ3) is 7.63. The van der Waals surface area contributed by atoms with E-state index in [-0.39, 0.29) is 30.3 Å². The van der Waals surface area contributed by atoms with Gasteiger partial charge in [0.2, 0.25) is 13.3 Å². The van der Waals surface area contributed by atoms with Gasteiger partial charge in [0.15, 0.2) is 0 Å². The minimum Gasteiger partial charge on any atom is -0.461 e.